The standard InChI is InChI=1S/C15H21F2NO3/c1-10(2)8-13(14(19)20-3)18-9-11-4-6-12(7-5-11)21-15(16)17/h4-7,10,13,15,18H,8-9H2,1-3H3. The molecule has 1 atom stereocenters. The molecule has 0 saturated heterocycles. The molecule has 0 heterocycles. The van der Waals surface area contributed by atoms with Crippen molar-refractivity contribution in [2.45, 2.75) is 39.5 Å². The zero-order valence-corrected chi connectivity index (χ0v) is 12.4. The SMILES string of the molecule is COC(=O)C(CC(C)C)NCc1ccc(OC(F)F)cc1. The minimum absolute atomic E-state index is 0.112. The van der Waals surface area contributed by atoms with E-state index in [-0.39, 0.29) is 17.8 Å². The van der Waals surface area contributed by atoms with E-state index in [0.29, 0.717) is 18.9 Å². The van der Waals surface area contributed by atoms with Crippen LogP contribution in [0.4, 0.5) is 8.78 Å². The number of esters is 1. The molecule has 1 aromatic carbocycles. The fraction of sp³-hybridized carbons (Fsp3) is 0.533. The smallest absolute Gasteiger partial charge is 0.387 e. The molecule has 1 unspecified atom stereocenters. The lowest BCUT2D eigenvalue weighted by Crippen LogP contribution is -2.38. The molecule has 6 heteroatoms. The molecular formula is C15H21F2NO3. The molecule has 0 saturated carbocycles. The maximum Gasteiger partial charge on any atom is 0.387 e. The predicted molar refractivity (Wildman–Crippen MR) is 75.2 cm³/mol. The molecule has 0 spiro atoms. The Kier molecular flexibility index (Phi) is 7.08. The van der Waals surface area contributed by atoms with E-state index in [2.05, 4.69) is 10.1 Å². The van der Waals surface area contributed by atoms with Gasteiger partial charge in [-0.25, -0.2) is 0 Å². The van der Waals surface area contributed by atoms with Crippen molar-refractivity contribution in [1.82, 2.24) is 5.32 Å². The molecule has 21 heavy (non-hydrogen) atoms. The van der Waals surface area contributed by atoms with Crippen LogP contribution >= 0.6 is 0 Å². The van der Waals surface area contributed by atoms with Crippen molar-refractivity contribution < 1.29 is 23.0 Å². The van der Waals surface area contributed by atoms with Crippen molar-refractivity contribution in [2.24, 2.45) is 5.92 Å². The van der Waals surface area contributed by atoms with E-state index in [9.17, 15) is 13.6 Å². The summed E-state index contributed by atoms with van der Waals surface area (Å²) in [6, 6.07) is 5.91. The second-order valence-electron chi connectivity index (χ2n) is 5.11. The normalized spacial score (nSPS) is 12.5. The van der Waals surface area contributed by atoms with Crippen molar-refractivity contribution in [2.75, 3.05) is 7.11 Å². The molecule has 4 nitrogen and oxygen atoms in total. The van der Waals surface area contributed by atoms with Crippen LogP contribution in [-0.2, 0) is 16.1 Å². The Bertz CT molecular complexity index is 435. The first-order valence-corrected chi connectivity index (χ1v) is 6.77. The quantitative estimate of drug-likeness (QED) is 0.750. The number of methoxy groups -OCH3 is 1. The first kappa shape index (κ1) is 17.4. The number of alkyl halides is 2. The van der Waals surface area contributed by atoms with Gasteiger partial charge >= 0.3 is 12.6 Å². The van der Waals surface area contributed by atoms with Gasteiger partial charge in [-0.3, -0.25) is 4.79 Å². The summed E-state index contributed by atoms with van der Waals surface area (Å²) in [5.74, 6) is 0.158. The van der Waals surface area contributed by atoms with Crippen LogP contribution in [0.5, 0.6) is 5.75 Å². The zero-order chi connectivity index (χ0) is 15.8. The van der Waals surface area contributed by atoms with Gasteiger partial charge in [0, 0.05) is 6.54 Å². The number of halogens is 2. The Labute approximate surface area is 123 Å². The van der Waals surface area contributed by atoms with Crippen molar-refractivity contribution in [1.29, 1.82) is 0 Å². The van der Waals surface area contributed by atoms with Gasteiger partial charge in [0.05, 0.1) is 7.11 Å². The number of hydrogen-bond donors (Lipinski definition) is 1. The lowest BCUT2D eigenvalue weighted by molar-refractivity contribution is -0.143. The van der Waals surface area contributed by atoms with Gasteiger partial charge in [-0.15, -0.1) is 0 Å². The molecule has 0 aliphatic carbocycles. The molecule has 0 amide bonds. The Morgan fingerprint density at radius 1 is 1.24 bits per heavy atom. The molecule has 0 aliphatic heterocycles. The maximum absolute atomic E-state index is 12.0. The van der Waals surface area contributed by atoms with Gasteiger partial charge in [0.15, 0.2) is 0 Å². The van der Waals surface area contributed by atoms with Gasteiger partial charge in [-0.1, -0.05) is 26.0 Å². The van der Waals surface area contributed by atoms with Crippen molar-refractivity contribution in [3.63, 3.8) is 0 Å². The average molecular weight is 301 g/mol. The first-order chi connectivity index (χ1) is 9.92. The van der Waals surface area contributed by atoms with Gasteiger partial charge in [0.25, 0.3) is 0 Å². The molecule has 1 rings (SSSR count). The number of carbonyl (C=O) groups is 1. The average Bonchev–Trinajstić information content (AvgIpc) is 2.43. The summed E-state index contributed by atoms with van der Waals surface area (Å²) in [6.45, 7) is 1.66. The largest absolute Gasteiger partial charge is 0.468 e. The highest BCUT2D eigenvalue weighted by Crippen LogP contribution is 2.15. The van der Waals surface area contributed by atoms with Crippen LogP contribution < -0.4 is 10.1 Å². The molecule has 0 aliphatic rings. The second kappa shape index (κ2) is 8.56. The summed E-state index contributed by atoms with van der Waals surface area (Å²) >= 11 is 0. The number of rotatable bonds is 8. The zero-order valence-electron chi connectivity index (χ0n) is 12.4. The van der Waals surface area contributed by atoms with E-state index < -0.39 is 6.61 Å². The lowest BCUT2D eigenvalue weighted by Gasteiger charge is -2.18. The molecule has 118 valence electrons. The fourth-order valence-electron chi connectivity index (χ4n) is 1.91. The molecule has 0 fully saturated rings. The summed E-state index contributed by atoms with van der Waals surface area (Å²) < 4.78 is 33.1. The van der Waals surface area contributed by atoms with Gasteiger partial charge in [0.2, 0.25) is 0 Å². The monoisotopic (exact) mass is 301 g/mol. The second-order valence-corrected chi connectivity index (χ2v) is 5.11. The maximum atomic E-state index is 12.0. The van der Waals surface area contributed by atoms with E-state index in [0.717, 1.165) is 5.56 Å². The first-order valence-electron chi connectivity index (χ1n) is 6.77. The highest BCUT2D eigenvalue weighted by Gasteiger charge is 2.19. The van der Waals surface area contributed by atoms with Crippen molar-refractivity contribution >= 4 is 5.97 Å². The van der Waals surface area contributed by atoms with E-state index in [4.69, 9.17) is 4.74 Å². The number of ether oxygens (including phenoxy) is 2. The third kappa shape index (κ3) is 6.53. The highest BCUT2D eigenvalue weighted by molar-refractivity contribution is 5.75. The van der Waals surface area contributed by atoms with E-state index in [1.54, 1.807) is 12.1 Å². The number of nitrogens with one attached hydrogen (secondary N) is 1. The molecule has 0 radical (unpaired) electrons. The molecule has 1 N–H and O–H groups in total. The van der Waals surface area contributed by atoms with E-state index in [1.165, 1.54) is 19.2 Å². The number of benzene rings is 1. The Balaban J connectivity index is 2.56. The Morgan fingerprint density at radius 3 is 2.33 bits per heavy atom. The summed E-state index contributed by atoms with van der Waals surface area (Å²) in [5, 5.41) is 3.11. The topological polar surface area (TPSA) is 47.6 Å². The van der Waals surface area contributed by atoms with Crippen LogP contribution in [0.3, 0.4) is 0 Å². The van der Waals surface area contributed by atoms with Crippen LogP contribution in [0.25, 0.3) is 0 Å². The van der Waals surface area contributed by atoms with Crippen molar-refractivity contribution in [3.8, 4) is 5.75 Å². The van der Waals surface area contributed by atoms with Gasteiger partial charge < -0.3 is 14.8 Å². The molecule has 1 aromatic rings. The minimum atomic E-state index is -2.83. The molecular weight excluding hydrogens is 280 g/mol. The Morgan fingerprint density at radius 2 is 1.86 bits per heavy atom. The van der Waals surface area contributed by atoms with Gasteiger partial charge in [0.1, 0.15) is 11.8 Å². The molecule has 0 aromatic heterocycles. The number of hydrogen-bond acceptors (Lipinski definition) is 4. The minimum Gasteiger partial charge on any atom is -0.468 e. The summed E-state index contributed by atoms with van der Waals surface area (Å²) in [6.07, 6.45) is 0.666. The van der Waals surface area contributed by atoms with Crippen molar-refractivity contribution in [3.05, 3.63) is 29.8 Å². The highest BCUT2D eigenvalue weighted by atomic mass is 19.3. The van der Waals surface area contributed by atoms with Crippen LogP contribution in [0.1, 0.15) is 25.8 Å². The fourth-order valence-corrected chi connectivity index (χ4v) is 1.91. The summed E-state index contributed by atoms with van der Waals surface area (Å²) in [7, 11) is 1.35. The summed E-state index contributed by atoms with van der Waals surface area (Å²) in [5.41, 5.74) is 0.870. The van der Waals surface area contributed by atoms with E-state index >= 15 is 0 Å². The lowest BCUT2D eigenvalue weighted by atomic mass is 10.0. The van der Waals surface area contributed by atoms with Crippen LogP contribution in [0, 0.1) is 5.92 Å². The third-order valence-electron chi connectivity index (χ3n) is 2.89. The summed E-state index contributed by atoms with van der Waals surface area (Å²) in [4.78, 5) is 11.7. The third-order valence-corrected chi connectivity index (χ3v) is 2.89. The van der Waals surface area contributed by atoms with Crippen LogP contribution in [0.2, 0.25) is 0 Å². The van der Waals surface area contributed by atoms with Gasteiger partial charge in [-0.2, -0.15) is 8.78 Å². The van der Waals surface area contributed by atoms with Gasteiger partial charge in [-0.05, 0) is 30.0 Å². The number of carbonyl (C=O) groups excluding carboxylic acids is 1. The van der Waals surface area contributed by atoms with Crippen LogP contribution in [-0.4, -0.2) is 25.7 Å². The van der Waals surface area contributed by atoms with E-state index in [1.807, 2.05) is 13.8 Å². The predicted octanol–water partition coefficient (Wildman–Crippen LogP) is 2.97. The Hall–Kier alpha value is -1.69. The van der Waals surface area contributed by atoms with Crippen LogP contribution in [0.15, 0.2) is 24.3 Å². The molecule has 0 bridgehead atoms.